The molecule has 0 aliphatic carbocycles. The average Bonchev–Trinajstić information content (AvgIpc) is 2.37. The van der Waals surface area contributed by atoms with Gasteiger partial charge in [0.05, 0.1) is 5.69 Å². The fraction of sp³-hybridized carbons (Fsp3) is 0.133. The van der Waals surface area contributed by atoms with Crippen molar-refractivity contribution in [2.75, 3.05) is 10.6 Å². The van der Waals surface area contributed by atoms with Crippen molar-refractivity contribution in [2.45, 2.75) is 13.8 Å². The molecule has 0 amide bonds. The van der Waals surface area contributed by atoms with Crippen LogP contribution in [0.1, 0.15) is 11.1 Å². The van der Waals surface area contributed by atoms with Crippen LogP contribution >= 0.6 is 28.1 Å². The molecule has 0 radical (unpaired) electrons. The maximum absolute atomic E-state index is 13.7. The molecule has 104 valence electrons. The summed E-state index contributed by atoms with van der Waals surface area (Å²) < 4.78 is 14.4. The molecule has 0 aliphatic rings. The second kappa shape index (κ2) is 6.33. The van der Waals surface area contributed by atoms with Gasteiger partial charge in [0.1, 0.15) is 5.82 Å². The van der Waals surface area contributed by atoms with Gasteiger partial charge < -0.3 is 10.6 Å². The summed E-state index contributed by atoms with van der Waals surface area (Å²) >= 11 is 8.40. The lowest BCUT2D eigenvalue weighted by atomic mass is 10.1. The Morgan fingerprint density at radius 3 is 2.45 bits per heavy atom. The third-order valence-corrected chi connectivity index (χ3v) is 3.64. The lowest BCUT2D eigenvalue weighted by Crippen LogP contribution is -2.19. The van der Waals surface area contributed by atoms with Gasteiger partial charge in [-0.1, -0.05) is 22.0 Å². The Hall–Kier alpha value is -1.46. The summed E-state index contributed by atoms with van der Waals surface area (Å²) in [6.07, 6.45) is 0. The van der Waals surface area contributed by atoms with Gasteiger partial charge in [-0.15, -0.1) is 0 Å². The van der Waals surface area contributed by atoms with Crippen molar-refractivity contribution < 1.29 is 4.39 Å². The maximum atomic E-state index is 13.7. The van der Waals surface area contributed by atoms with E-state index in [0.717, 1.165) is 5.69 Å². The smallest absolute Gasteiger partial charge is 0.175 e. The van der Waals surface area contributed by atoms with E-state index in [4.69, 9.17) is 12.2 Å². The van der Waals surface area contributed by atoms with Gasteiger partial charge in [-0.2, -0.15) is 0 Å². The van der Waals surface area contributed by atoms with E-state index < -0.39 is 0 Å². The Labute approximate surface area is 131 Å². The Morgan fingerprint density at radius 1 is 1.05 bits per heavy atom. The van der Waals surface area contributed by atoms with Crippen molar-refractivity contribution in [2.24, 2.45) is 0 Å². The van der Waals surface area contributed by atoms with Gasteiger partial charge in [0, 0.05) is 10.2 Å². The molecule has 0 fully saturated rings. The van der Waals surface area contributed by atoms with Gasteiger partial charge in [0.2, 0.25) is 0 Å². The molecule has 0 saturated carbocycles. The summed E-state index contributed by atoms with van der Waals surface area (Å²) in [6.45, 7) is 4.08. The van der Waals surface area contributed by atoms with E-state index in [2.05, 4.69) is 26.6 Å². The van der Waals surface area contributed by atoms with Crippen LogP contribution in [0.3, 0.4) is 0 Å². The topological polar surface area (TPSA) is 24.1 Å². The van der Waals surface area contributed by atoms with Crippen molar-refractivity contribution in [1.82, 2.24) is 0 Å². The highest BCUT2D eigenvalue weighted by molar-refractivity contribution is 9.10. The molecule has 0 spiro atoms. The standard InChI is InChI=1S/C15H14BrFN2S/c1-9-3-5-12(7-10(9)2)18-15(20)19-14-6-4-11(16)8-13(14)17/h3-8H,1-2H3,(H2,18,19,20). The molecule has 0 aliphatic heterocycles. The fourth-order valence-corrected chi connectivity index (χ4v) is 2.26. The van der Waals surface area contributed by atoms with Gasteiger partial charge in [-0.05, 0) is 67.5 Å². The van der Waals surface area contributed by atoms with Crippen LogP contribution in [0.2, 0.25) is 0 Å². The highest BCUT2D eigenvalue weighted by Crippen LogP contribution is 2.20. The van der Waals surface area contributed by atoms with Crippen LogP contribution in [0.4, 0.5) is 15.8 Å². The third-order valence-electron chi connectivity index (χ3n) is 2.94. The summed E-state index contributed by atoms with van der Waals surface area (Å²) in [6, 6.07) is 10.7. The zero-order valence-corrected chi connectivity index (χ0v) is 13.5. The van der Waals surface area contributed by atoms with E-state index in [1.165, 1.54) is 17.2 Å². The van der Waals surface area contributed by atoms with Gasteiger partial charge in [-0.3, -0.25) is 0 Å². The molecular weight excluding hydrogens is 339 g/mol. The van der Waals surface area contributed by atoms with Crippen LogP contribution in [0.5, 0.6) is 0 Å². The fourth-order valence-electron chi connectivity index (χ4n) is 1.69. The third kappa shape index (κ3) is 3.77. The molecule has 2 nitrogen and oxygen atoms in total. The number of aryl methyl sites for hydroxylation is 2. The Balaban J connectivity index is 2.07. The quantitative estimate of drug-likeness (QED) is 0.742. The molecule has 2 aromatic rings. The molecule has 2 N–H and O–H groups in total. The Bertz CT molecular complexity index is 658. The zero-order chi connectivity index (χ0) is 14.7. The SMILES string of the molecule is Cc1ccc(NC(=S)Nc2ccc(Br)cc2F)cc1C. The lowest BCUT2D eigenvalue weighted by Gasteiger charge is -2.12. The largest absolute Gasteiger partial charge is 0.332 e. The minimum atomic E-state index is -0.358. The van der Waals surface area contributed by atoms with Gasteiger partial charge in [0.15, 0.2) is 5.11 Å². The Morgan fingerprint density at radius 2 is 1.80 bits per heavy atom. The van der Waals surface area contributed by atoms with E-state index in [1.54, 1.807) is 12.1 Å². The van der Waals surface area contributed by atoms with E-state index in [9.17, 15) is 4.39 Å². The monoisotopic (exact) mass is 352 g/mol. The predicted octanol–water partition coefficient (Wildman–Crippen LogP) is 5.01. The molecule has 0 saturated heterocycles. The molecule has 0 heterocycles. The van der Waals surface area contributed by atoms with Gasteiger partial charge >= 0.3 is 0 Å². The first-order chi connectivity index (χ1) is 9.45. The van der Waals surface area contributed by atoms with E-state index in [1.807, 2.05) is 32.0 Å². The second-order valence-corrected chi connectivity index (χ2v) is 5.83. The Kier molecular flexibility index (Phi) is 4.73. The van der Waals surface area contributed by atoms with Gasteiger partial charge in [0.25, 0.3) is 0 Å². The van der Waals surface area contributed by atoms with E-state index in [-0.39, 0.29) is 5.82 Å². The van der Waals surface area contributed by atoms with Crippen molar-refractivity contribution in [1.29, 1.82) is 0 Å². The molecule has 2 aromatic carbocycles. The van der Waals surface area contributed by atoms with Crippen molar-refractivity contribution >= 4 is 44.6 Å². The number of hydrogen-bond acceptors (Lipinski definition) is 1. The van der Waals surface area contributed by atoms with E-state index in [0.29, 0.717) is 15.3 Å². The normalized spacial score (nSPS) is 10.2. The van der Waals surface area contributed by atoms with Gasteiger partial charge in [-0.25, -0.2) is 4.39 Å². The lowest BCUT2D eigenvalue weighted by molar-refractivity contribution is 0.631. The van der Waals surface area contributed by atoms with Crippen molar-refractivity contribution in [3.63, 3.8) is 0 Å². The molecular formula is C15H14BrFN2S. The number of thiocarbonyl (C=S) groups is 1. The molecule has 0 unspecified atom stereocenters. The summed E-state index contributed by atoms with van der Waals surface area (Å²) in [5.41, 5.74) is 3.61. The van der Waals surface area contributed by atoms with Crippen LogP contribution in [0.15, 0.2) is 40.9 Å². The average molecular weight is 353 g/mol. The van der Waals surface area contributed by atoms with Crippen molar-refractivity contribution in [3.05, 3.63) is 57.8 Å². The first-order valence-corrected chi connectivity index (χ1v) is 7.26. The summed E-state index contributed by atoms with van der Waals surface area (Å²) in [5.74, 6) is -0.358. The summed E-state index contributed by atoms with van der Waals surface area (Å²) in [5, 5.41) is 6.24. The summed E-state index contributed by atoms with van der Waals surface area (Å²) in [7, 11) is 0. The second-order valence-electron chi connectivity index (χ2n) is 4.50. The highest BCUT2D eigenvalue weighted by Gasteiger charge is 2.05. The molecule has 2 rings (SSSR count). The van der Waals surface area contributed by atoms with Crippen molar-refractivity contribution in [3.8, 4) is 0 Å². The maximum Gasteiger partial charge on any atom is 0.175 e. The van der Waals surface area contributed by atoms with Crippen LogP contribution < -0.4 is 10.6 Å². The highest BCUT2D eigenvalue weighted by atomic mass is 79.9. The number of hydrogen-bond donors (Lipinski definition) is 2. The molecule has 0 atom stereocenters. The van der Waals surface area contributed by atoms with Crippen LogP contribution in [0, 0.1) is 19.7 Å². The predicted molar refractivity (Wildman–Crippen MR) is 89.9 cm³/mol. The zero-order valence-electron chi connectivity index (χ0n) is 11.1. The van der Waals surface area contributed by atoms with Crippen LogP contribution in [-0.4, -0.2) is 5.11 Å². The van der Waals surface area contributed by atoms with Crippen LogP contribution in [-0.2, 0) is 0 Å². The van der Waals surface area contributed by atoms with Crippen LogP contribution in [0.25, 0.3) is 0 Å². The first kappa shape index (κ1) is 14.9. The molecule has 0 aromatic heterocycles. The summed E-state index contributed by atoms with van der Waals surface area (Å²) in [4.78, 5) is 0. The minimum Gasteiger partial charge on any atom is -0.332 e. The molecule has 20 heavy (non-hydrogen) atoms. The number of benzene rings is 2. The van der Waals surface area contributed by atoms with E-state index >= 15 is 0 Å². The minimum absolute atomic E-state index is 0.342. The number of nitrogens with one attached hydrogen (secondary N) is 2. The molecule has 5 heteroatoms. The molecule has 0 bridgehead atoms. The number of anilines is 2. The first-order valence-electron chi connectivity index (χ1n) is 6.06. The number of halogens is 2. The number of rotatable bonds is 2.